The molecule has 7 N–H and O–H groups in total. The number of fused-ring (bicyclic) bond motifs is 4. The molecule has 16 aromatic rings. The number of hydrogen-bond acceptors (Lipinski definition) is 24. The minimum Gasteiger partial charge on any atom is -0.395 e. The molecule has 0 saturated carbocycles. The van der Waals surface area contributed by atoms with Gasteiger partial charge in [-0.15, -0.1) is 0 Å². The SMILES string of the molecule is CCC(CC)n1cc(-c2nc(-c3cnn(C[C@@H](CN)OC)c3)cn3nccc23)cn1.CCC(CC)n1cc(-c2nc(-c3cnn(C[C@@H](CO)N(C)C)c3)cn3nccc23)cn1.CCC(CC)n1cc(-c2nc(-c3cnn(C[C@@H](N)CO)c3)cn3nccc23)cn1.CCC(CC)n1cc(-c2nc(-c3cnn(C[C@H](CO)N(C)C)c3)cn3nccc23)cn1. The van der Waals surface area contributed by atoms with Gasteiger partial charge in [0.1, 0.15) is 0 Å². The Hall–Kier alpha value is -12.2. The quantitative estimate of drug-likeness (QED) is 0.0246. The molecule has 0 saturated heterocycles. The molecular formula is C85H114N32O4. The van der Waals surface area contributed by atoms with Crippen LogP contribution < -0.4 is 11.5 Å². The van der Waals surface area contributed by atoms with Crippen LogP contribution >= 0.6 is 0 Å². The maximum Gasteiger partial charge on any atom is 0.0999 e. The molecule has 0 bridgehead atoms. The Bertz CT molecular complexity index is 5710. The Morgan fingerprint density at radius 1 is 0.331 bits per heavy atom. The maximum atomic E-state index is 9.60. The highest BCUT2D eigenvalue weighted by molar-refractivity contribution is 5.81. The highest BCUT2D eigenvalue weighted by Gasteiger charge is 2.24. The van der Waals surface area contributed by atoms with Gasteiger partial charge in [0.05, 0.1) is 255 Å². The number of nitrogens with two attached hydrogens (primary N) is 2. The maximum absolute atomic E-state index is 9.60. The molecule has 0 fully saturated rings. The lowest BCUT2D eigenvalue weighted by Crippen LogP contribution is -2.35. The average molecular weight is 1650 g/mol. The van der Waals surface area contributed by atoms with E-state index < -0.39 is 0 Å². The third-order valence-electron chi connectivity index (χ3n) is 22.4. The van der Waals surface area contributed by atoms with E-state index in [0.717, 1.165) is 163 Å². The lowest BCUT2D eigenvalue weighted by molar-refractivity contribution is 0.0914. The number of rotatable bonds is 35. The van der Waals surface area contributed by atoms with Crippen LogP contribution in [0.25, 0.3) is 112 Å². The summed E-state index contributed by atoms with van der Waals surface area (Å²) in [4.78, 5) is 23.7. The van der Waals surface area contributed by atoms with Gasteiger partial charge in [-0.2, -0.15) is 61.2 Å². The molecule has 36 nitrogen and oxygen atoms in total. The van der Waals surface area contributed by atoms with Gasteiger partial charge < -0.3 is 41.3 Å². The van der Waals surface area contributed by atoms with Crippen LogP contribution in [0.3, 0.4) is 0 Å². The van der Waals surface area contributed by atoms with E-state index in [9.17, 15) is 10.2 Å². The molecular weight excluding hydrogens is 1530 g/mol. The highest BCUT2D eigenvalue weighted by atomic mass is 16.5. The van der Waals surface area contributed by atoms with Crippen molar-refractivity contribution in [2.45, 2.75) is 181 Å². The number of methoxy groups -OCH3 is 1. The van der Waals surface area contributed by atoms with Gasteiger partial charge in [-0.1, -0.05) is 55.4 Å². The zero-order chi connectivity index (χ0) is 85.4. The zero-order valence-electron chi connectivity index (χ0n) is 71.4. The number of aliphatic hydroxyl groups excluding tert-OH is 3. The fraction of sp³-hybridized carbons (Fsp3) is 0.435. The Labute approximate surface area is 702 Å². The van der Waals surface area contributed by atoms with Gasteiger partial charge in [0.25, 0.3) is 0 Å². The van der Waals surface area contributed by atoms with Crippen LogP contribution in [0.5, 0.6) is 0 Å². The average Bonchev–Trinajstić information content (AvgIpc) is 1.68. The number of nitrogens with zero attached hydrogens (tertiary/aromatic N) is 30. The van der Waals surface area contributed by atoms with Crippen molar-refractivity contribution in [3.8, 4) is 90.1 Å². The summed E-state index contributed by atoms with van der Waals surface area (Å²) in [6.07, 6.45) is 53.6. The molecule has 16 aromatic heterocycles. The van der Waals surface area contributed by atoms with Crippen LogP contribution in [-0.4, -0.2) is 248 Å². The summed E-state index contributed by atoms with van der Waals surface area (Å²) in [6, 6.07) is 9.02. The second-order valence-electron chi connectivity index (χ2n) is 30.7. The van der Waals surface area contributed by atoms with E-state index in [1.165, 1.54) is 0 Å². The van der Waals surface area contributed by atoms with Crippen molar-refractivity contribution in [2.24, 2.45) is 11.5 Å². The van der Waals surface area contributed by atoms with Gasteiger partial charge >= 0.3 is 0 Å². The van der Waals surface area contributed by atoms with E-state index >= 15 is 0 Å². The molecule has 0 unspecified atom stereocenters. The van der Waals surface area contributed by atoms with Gasteiger partial charge in [0.2, 0.25) is 0 Å². The first-order valence-corrected chi connectivity index (χ1v) is 41.7. The van der Waals surface area contributed by atoms with Gasteiger partial charge in [-0.05, 0) is 104 Å². The van der Waals surface area contributed by atoms with E-state index in [1.54, 1.807) is 61.4 Å². The number of hydrogen-bond donors (Lipinski definition) is 5. The predicted octanol–water partition coefficient (Wildman–Crippen LogP) is 10.4. The van der Waals surface area contributed by atoms with Gasteiger partial charge in [0.15, 0.2) is 0 Å². The van der Waals surface area contributed by atoms with Crippen LogP contribution in [0.15, 0.2) is 173 Å². The first-order chi connectivity index (χ1) is 58.8. The molecule has 121 heavy (non-hydrogen) atoms. The largest absolute Gasteiger partial charge is 0.395 e. The van der Waals surface area contributed by atoms with Crippen LogP contribution in [0.1, 0.15) is 131 Å². The highest BCUT2D eigenvalue weighted by Crippen LogP contribution is 2.34. The van der Waals surface area contributed by atoms with Crippen LogP contribution in [0.2, 0.25) is 0 Å². The van der Waals surface area contributed by atoms with Crippen molar-refractivity contribution in [3.05, 3.63) is 173 Å². The summed E-state index contributed by atoms with van der Waals surface area (Å²) in [7, 11) is 9.46. The van der Waals surface area contributed by atoms with Gasteiger partial charge in [-0.25, -0.2) is 38.0 Å². The van der Waals surface area contributed by atoms with Gasteiger partial charge in [-0.3, -0.25) is 37.5 Å². The predicted molar refractivity (Wildman–Crippen MR) is 464 cm³/mol. The summed E-state index contributed by atoms with van der Waals surface area (Å²) in [5.74, 6) is 0. The molecule has 4 atom stereocenters. The fourth-order valence-corrected chi connectivity index (χ4v) is 14.7. The summed E-state index contributed by atoms with van der Waals surface area (Å²) >= 11 is 0. The lowest BCUT2D eigenvalue weighted by Gasteiger charge is -2.21. The molecule has 16 heterocycles. The van der Waals surface area contributed by atoms with Crippen molar-refractivity contribution in [1.82, 2.24) is 146 Å². The van der Waals surface area contributed by atoms with Crippen molar-refractivity contribution >= 4 is 22.1 Å². The summed E-state index contributed by atoms with van der Waals surface area (Å²) in [6.45, 7) is 20.1. The van der Waals surface area contributed by atoms with Crippen LogP contribution in [0.4, 0.5) is 0 Å². The smallest absolute Gasteiger partial charge is 0.0999 e. The Morgan fingerprint density at radius 2 is 0.587 bits per heavy atom. The zero-order valence-corrected chi connectivity index (χ0v) is 71.4. The summed E-state index contributed by atoms with van der Waals surface area (Å²) in [5, 5.41) is 82.1. The molecule has 0 radical (unpaired) electrons. The number of aliphatic hydroxyl groups is 3. The first-order valence-electron chi connectivity index (χ1n) is 41.7. The second-order valence-corrected chi connectivity index (χ2v) is 30.7. The van der Waals surface area contributed by atoms with E-state index in [2.05, 4.69) is 141 Å². The monoisotopic (exact) mass is 1650 g/mol. The van der Waals surface area contributed by atoms with Crippen molar-refractivity contribution in [1.29, 1.82) is 0 Å². The van der Waals surface area contributed by atoms with Crippen LogP contribution in [0, 0.1) is 0 Å². The first kappa shape index (κ1) is 86.7. The molecule has 638 valence electrons. The summed E-state index contributed by atoms with van der Waals surface area (Å²) < 4.78 is 28.1. The fourth-order valence-electron chi connectivity index (χ4n) is 14.7. The third-order valence-corrected chi connectivity index (χ3v) is 22.4. The van der Waals surface area contributed by atoms with Crippen LogP contribution in [-0.2, 0) is 30.9 Å². The molecule has 0 aromatic carbocycles. The molecule has 0 amide bonds. The topological polar surface area (TPSA) is 392 Å². The lowest BCUT2D eigenvalue weighted by atomic mass is 10.1. The molecule has 0 aliphatic carbocycles. The summed E-state index contributed by atoms with van der Waals surface area (Å²) in [5.41, 5.74) is 29.3. The minimum atomic E-state index is -0.351. The van der Waals surface area contributed by atoms with E-state index in [0.29, 0.717) is 56.9 Å². The van der Waals surface area contributed by atoms with Crippen molar-refractivity contribution in [3.63, 3.8) is 0 Å². The minimum absolute atomic E-state index is 0.000724. The molecule has 16 rings (SSSR count). The molecule has 0 spiro atoms. The normalized spacial score (nSPS) is 12.9. The van der Waals surface area contributed by atoms with E-state index in [1.807, 2.05) is 187 Å². The number of likely N-dealkylation sites (N-methyl/N-ethyl adjacent to an activating group) is 2. The van der Waals surface area contributed by atoms with Gasteiger partial charge in [0, 0.05) is 114 Å². The Morgan fingerprint density at radius 3 is 0.818 bits per heavy atom. The molecule has 36 heteroatoms. The van der Waals surface area contributed by atoms with Crippen molar-refractivity contribution < 1.29 is 20.1 Å². The second kappa shape index (κ2) is 40.3. The third kappa shape index (κ3) is 20.0. The standard InChI is InChI=1S/2C22H30N8O.C21H28N8O.C20H26N8O/c2*1-5-18(6-2)29-12-17(10-25-29)22-21-7-8-23-30(21)14-20(26-22)16-9-24-28(11-16)13-19(15-31)27(3)4;1-4-17(5-2)28-12-16(10-25-28)21-20-6-7-23-29(20)14-19(26-21)15-9-24-27(11-15)13-18(8-22)30-3;1-3-17(4-2)27-10-15(8-24-27)20-19-5-6-22-28(19)12-18(25-20)14-7-23-26(9-14)11-16(21)13-29/h2*7-12,14,18-19,31H,5-6,13,15H2,1-4H3;6-7,9-12,14,17-18H,4-5,8,13,22H2,1-3H3;5-10,12,16-17,29H,3-4,11,13,21H2,1-2H3/t2*19-;18-;16-/m1011/s1. The van der Waals surface area contributed by atoms with E-state index in [-0.39, 0.29) is 44.1 Å². The van der Waals surface area contributed by atoms with E-state index in [4.69, 9.17) is 41.2 Å². The number of aromatic nitrogens is 28. The van der Waals surface area contributed by atoms with Crippen molar-refractivity contribution in [2.75, 3.05) is 61.7 Å². The Balaban J connectivity index is 0.000000139. The Kier molecular flexibility index (Phi) is 28.8. The number of ether oxygens (including phenoxy) is 1. The molecule has 0 aliphatic heterocycles. The molecule has 0 aliphatic rings.